The zero-order valence-corrected chi connectivity index (χ0v) is 19.3. The highest BCUT2D eigenvalue weighted by atomic mass is 35.5. The van der Waals surface area contributed by atoms with Crippen molar-refractivity contribution in [2.45, 2.75) is 13.0 Å². The van der Waals surface area contributed by atoms with Crippen LogP contribution < -0.4 is 10.2 Å². The Morgan fingerprint density at radius 2 is 2.16 bits per heavy atom. The number of nitrogens with zero attached hydrogens (tertiary/aromatic N) is 4. The fourth-order valence-electron chi connectivity index (χ4n) is 3.75. The van der Waals surface area contributed by atoms with Crippen molar-refractivity contribution in [3.05, 3.63) is 63.6 Å². The van der Waals surface area contributed by atoms with Gasteiger partial charge in [-0.05, 0) is 38.4 Å². The van der Waals surface area contributed by atoms with E-state index in [0.717, 1.165) is 5.82 Å². The minimum Gasteiger partial charge on any atom is -0.351 e. The van der Waals surface area contributed by atoms with Crippen molar-refractivity contribution in [2.24, 2.45) is 5.92 Å². The Hall–Kier alpha value is -2.75. The van der Waals surface area contributed by atoms with Crippen LogP contribution in [0.5, 0.6) is 0 Å². The van der Waals surface area contributed by atoms with Crippen LogP contribution in [0.15, 0.2) is 42.7 Å². The van der Waals surface area contributed by atoms with Gasteiger partial charge in [0, 0.05) is 49.6 Å². The summed E-state index contributed by atoms with van der Waals surface area (Å²) in [5.41, 5.74) is 0.887. The predicted octanol–water partition coefficient (Wildman–Crippen LogP) is 3.57. The number of carbonyl (C=O) groups is 2. The summed E-state index contributed by atoms with van der Waals surface area (Å²) in [6.45, 7) is 1.29. The number of hydrogen-bond donors (Lipinski definition) is 1. The number of thiophene rings is 1. The second-order valence-electron chi connectivity index (χ2n) is 7.98. The topological polar surface area (TPSA) is 70.5 Å². The summed E-state index contributed by atoms with van der Waals surface area (Å²) in [7, 11) is 3.88. The summed E-state index contributed by atoms with van der Waals surface area (Å²) in [5, 5.41) is 2.84. The fraction of sp³-hybridized carbons (Fsp3) is 0.318. The van der Waals surface area contributed by atoms with E-state index in [4.69, 9.17) is 11.6 Å². The van der Waals surface area contributed by atoms with Gasteiger partial charge in [-0.3, -0.25) is 9.59 Å². The molecule has 2 aromatic heterocycles. The van der Waals surface area contributed by atoms with Gasteiger partial charge in [-0.1, -0.05) is 11.6 Å². The highest BCUT2D eigenvalue weighted by Gasteiger charge is 2.32. The lowest BCUT2D eigenvalue weighted by Crippen LogP contribution is -2.31. The Morgan fingerprint density at radius 1 is 1.34 bits per heavy atom. The Bertz CT molecular complexity index is 1150. The average Bonchev–Trinajstić information content (AvgIpc) is 3.46. The van der Waals surface area contributed by atoms with E-state index < -0.39 is 5.82 Å². The van der Waals surface area contributed by atoms with Crippen molar-refractivity contribution < 1.29 is 14.0 Å². The van der Waals surface area contributed by atoms with Gasteiger partial charge in [0.15, 0.2) is 0 Å². The lowest BCUT2D eigenvalue weighted by molar-refractivity contribution is -0.117. The molecule has 1 fully saturated rings. The molecule has 1 atom stereocenters. The van der Waals surface area contributed by atoms with Crippen molar-refractivity contribution in [3.63, 3.8) is 0 Å². The van der Waals surface area contributed by atoms with E-state index in [1.54, 1.807) is 36.7 Å². The van der Waals surface area contributed by atoms with Crippen molar-refractivity contribution in [1.82, 2.24) is 19.8 Å². The quantitative estimate of drug-likeness (QED) is 0.567. The predicted molar refractivity (Wildman–Crippen MR) is 123 cm³/mol. The van der Waals surface area contributed by atoms with Gasteiger partial charge < -0.3 is 19.7 Å². The SMILES string of the molecule is CN(C)Cc1nccn1-c1ccc(N2CC(CNC(=O)c3ccc(Cl)s3)CC2=O)c(F)c1. The highest BCUT2D eigenvalue weighted by Crippen LogP contribution is 2.29. The molecule has 3 aromatic rings. The van der Waals surface area contributed by atoms with E-state index in [9.17, 15) is 9.59 Å². The molecule has 1 aromatic carbocycles. The van der Waals surface area contributed by atoms with E-state index in [0.29, 0.717) is 34.5 Å². The van der Waals surface area contributed by atoms with Crippen LogP contribution in [-0.4, -0.2) is 53.5 Å². The van der Waals surface area contributed by atoms with E-state index in [1.807, 2.05) is 23.6 Å². The van der Waals surface area contributed by atoms with Gasteiger partial charge in [0.25, 0.3) is 5.91 Å². The molecule has 0 radical (unpaired) electrons. The lowest BCUT2D eigenvalue weighted by Gasteiger charge is -2.19. The Kier molecular flexibility index (Phi) is 6.59. The molecule has 1 unspecified atom stereocenters. The second kappa shape index (κ2) is 9.40. The molecule has 1 N–H and O–H groups in total. The van der Waals surface area contributed by atoms with E-state index in [1.165, 1.54) is 22.3 Å². The van der Waals surface area contributed by atoms with Gasteiger partial charge in [-0.15, -0.1) is 11.3 Å². The summed E-state index contributed by atoms with van der Waals surface area (Å²) >= 11 is 7.07. The van der Waals surface area contributed by atoms with Gasteiger partial charge in [0.05, 0.1) is 21.4 Å². The number of imidazole rings is 1. The van der Waals surface area contributed by atoms with E-state index in [-0.39, 0.29) is 29.8 Å². The molecule has 2 amide bonds. The van der Waals surface area contributed by atoms with E-state index in [2.05, 4.69) is 10.3 Å². The number of carbonyl (C=O) groups excluding carboxylic acids is 2. The maximum Gasteiger partial charge on any atom is 0.261 e. The van der Waals surface area contributed by atoms with Crippen LogP contribution in [0.25, 0.3) is 5.69 Å². The second-order valence-corrected chi connectivity index (χ2v) is 9.69. The first-order valence-electron chi connectivity index (χ1n) is 10.1. The largest absolute Gasteiger partial charge is 0.351 e. The van der Waals surface area contributed by atoms with E-state index >= 15 is 4.39 Å². The van der Waals surface area contributed by atoms with Crippen LogP contribution >= 0.6 is 22.9 Å². The zero-order chi connectivity index (χ0) is 22.8. The van der Waals surface area contributed by atoms with Gasteiger partial charge in [0.1, 0.15) is 11.6 Å². The van der Waals surface area contributed by atoms with Crippen molar-refractivity contribution in [2.75, 3.05) is 32.1 Å². The fourth-order valence-corrected chi connectivity index (χ4v) is 4.70. The Labute approximate surface area is 194 Å². The molecule has 0 saturated carbocycles. The molecule has 32 heavy (non-hydrogen) atoms. The van der Waals surface area contributed by atoms with Crippen LogP contribution in [0.1, 0.15) is 21.9 Å². The molecule has 10 heteroatoms. The maximum atomic E-state index is 15.0. The first-order valence-corrected chi connectivity index (χ1v) is 11.3. The highest BCUT2D eigenvalue weighted by molar-refractivity contribution is 7.18. The standard InChI is InChI=1S/C22H23ClFN5O2S/c1-27(2)13-20-25-7-8-28(20)15-3-4-17(16(24)10-15)29-12-14(9-21(29)30)11-26-22(31)18-5-6-19(23)32-18/h3-8,10,14H,9,11-13H2,1-2H3,(H,26,31). The van der Waals surface area contributed by atoms with Crippen molar-refractivity contribution >= 4 is 40.4 Å². The van der Waals surface area contributed by atoms with Crippen LogP contribution in [0.2, 0.25) is 4.34 Å². The molecule has 0 bridgehead atoms. The third kappa shape index (κ3) is 4.85. The Balaban J connectivity index is 1.43. The molecule has 3 heterocycles. The molecule has 1 saturated heterocycles. The third-order valence-electron chi connectivity index (χ3n) is 5.23. The molecule has 0 aliphatic carbocycles. The molecule has 7 nitrogen and oxygen atoms in total. The number of benzene rings is 1. The molecule has 4 rings (SSSR count). The Morgan fingerprint density at radius 3 is 2.84 bits per heavy atom. The number of rotatable bonds is 7. The number of hydrogen-bond acceptors (Lipinski definition) is 5. The van der Waals surface area contributed by atoms with Gasteiger partial charge in [-0.25, -0.2) is 9.37 Å². The zero-order valence-electron chi connectivity index (χ0n) is 17.7. The van der Waals surface area contributed by atoms with Gasteiger partial charge >= 0.3 is 0 Å². The molecule has 168 valence electrons. The summed E-state index contributed by atoms with van der Waals surface area (Å²) < 4.78 is 17.4. The molecular formula is C22H23ClFN5O2S. The summed E-state index contributed by atoms with van der Waals surface area (Å²) in [5.74, 6) is -0.162. The first kappa shape index (κ1) is 22.4. The molecule has 1 aliphatic rings. The summed E-state index contributed by atoms with van der Waals surface area (Å²) in [4.78, 5) is 33.1. The van der Waals surface area contributed by atoms with Gasteiger partial charge in [0.2, 0.25) is 5.91 Å². The molecule has 1 aliphatic heterocycles. The van der Waals surface area contributed by atoms with Crippen LogP contribution in [-0.2, 0) is 11.3 Å². The normalized spacial score (nSPS) is 16.2. The van der Waals surface area contributed by atoms with Crippen molar-refractivity contribution in [1.29, 1.82) is 0 Å². The minimum absolute atomic E-state index is 0.0960. The monoisotopic (exact) mass is 475 g/mol. The minimum atomic E-state index is -0.474. The number of anilines is 1. The van der Waals surface area contributed by atoms with Crippen LogP contribution in [0.3, 0.4) is 0 Å². The van der Waals surface area contributed by atoms with Crippen molar-refractivity contribution in [3.8, 4) is 5.69 Å². The number of nitrogens with one attached hydrogen (secondary N) is 1. The number of aromatic nitrogens is 2. The summed E-state index contributed by atoms with van der Waals surface area (Å²) in [6, 6.07) is 8.15. The number of halogens is 2. The number of amides is 2. The first-order chi connectivity index (χ1) is 15.3. The average molecular weight is 476 g/mol. The maximum absolute atomic E-state index is 15.0. The molecule has 0 spiro atoms. The van der Waals surface area contributed by atoms with Crippen LogP contribution in [0, 0.1) is 11.7 Å². The lowest BCUT2D eigenvalue weighted by atomic mass is 10.1. The smallest absolute Gasteiger partial charge is 0.261 e. The van der Waals surface area contributed by atoms with Gasteiger partial charge in [-0.2, -0.15) is 0 Å². The molecular weight excluding hydrogens is 453 g/mol. The third-order valence-corrected chi connectivity index (χ3v) is 6.46. The summed E-state index contributed by atoms with van der Waals surface area (Å²) in [6.07, 6.45) is 3.71. The van der Waals surface area contributed by atoms with Crippen LogP contribution in [0.4, 0.5) is 10.1 Å².